The Bertz CT molecular complexity index is 78.0. The first-order valence-electron chi connectivity index (χ1n) is 3.05. The number of rotatable bonds is 3. The van der Waals surface area contributed by atoms with Crippen LogP contribution in [-0.2, 0) is 0 Å². The number of hydrogen-bond acceptors (Lipinski definition) is 0. The Morgan fingerprint density at radius 3 is 2.62 bits per heavy atom. The second kappa shape index (κ2) is 6.48. The average Bonchev–Trinajstić information content (AvgIpc) is 1.81. The van der Waals surface area contributed by atoms with Crippen molar-refractivity contribution in [1.29, 1.82) is 0 Å². The van der Waals surface area contributed by atoms with Crippen LogP contribution >= 0.6 is 0 Å². The molecule has 0 spiro atoms. The average molecular weight is 109 g/mol. The quantitative estimate of drug-likeness (QED) is 0.489. The molecule has 0 aliphatic carbocycles. The maximum Gasteiger partial charge on any atom is -0.0163 e. The van der Waals surface area contributed by atoms with E-state index in [1.807, 2.05) is 13.0 Å². The first kappa shape index (κ1) is 7.48. The molecular formula is C8H13. The fourth-order valence-electron chi connectivity index (χ4n) is 0.449. The monoisotopic (exact) mass is 109 g/mol. The van der Waals surface area contributed by atoms with Gasteiger partial charge in [-0.2, -0.15) is 0 Å². The SMILES string of the molecule is C/[C]=C/CC=CCC. The fraction of sp³-hybridized carbons (Fsp3) is 0.500. The third-order valence-electron chi connectivity index (χ3n) is 0.860. The lowest BCUT2D eigenvalue weighted by Gasteiger charge is -1.76. The van der Waals surface area contributed by atoms with Gasteiger partial charge in [-0.15, -0.1) is 0 Å². The third-order valence-corrected chi connectivity index (χ3v) is 0.860. The minimum absolute atomic E-state index is 1.03. The molecule has 0 bridgehead atoms. The zero-order valence-corrected chi connectivity index (χ0v) is 5.65. The minimum atomic E-state index is 1.03. The van der Waals surface area contributed by atoms with Crippen molar-refractivity contribution < 1.29 is 0 Å². The highest BCUT2D eigenvalue weighted by molar-refractivity contribution is 4.87. The van der Waals surface area contributed by atoms with Crippen LogP contribution in [0.2, 0.25) is 0 Å². The molecule has 0 heteroatoms. The van der Waals surface area contributed by atoms with E-state index >= 15 is 0 Å². The highest BCUT2D eigenvalue weighted by Gasteiger charge is 1.65. The Balaban J connectivity index is 3.03. The van der Waals surface area contributed by atoms with E-state index in [4.69, 9.17) is 0 Å². The molecule has 0 fully saturated rings. The maximum absolute atomic E-state index is 2.95. The molecular weight excluding hydrogens is 96.1 g/mol. The molecule has 45 valence electrons. The van der Waals surface area contributed by atoms with Gasteiger partial charge in [0.2, 0.25) is 0 Å². The number of allylic oxidation sites excluding steroid dienone is 4. The Labute approximate surface area is 51.9 Å². The summed E-state index contributed by atoms with van der Waals surface area (Å²) in [4.78, 5) is 0. The Morgan fingerprint density at radius 2 is 2.12 bits per heavy atom. The van der Waals surface area contributed by atoms with Crippen LogP contribution in [0.25, 0.3) is 0 Å². The van der Waals surface area contributed by atoms with Gasteiger partial charge in [-0.05, 0) is 19.8 Å². The topological polar surface area (TPSA) is 0 Å². The van der Waals surface area contributed by atoms with Gasteiger partial charge >= 0.3 is 0 Å². The highest BCUT2D eigenvalue weighted by atomic mass is 13.7. The van der Waals surface area contributed by atoms with Crippen LogP contribution in [0, 0.1) is 6.08 Å². The summed E-state index contributed by atoms with van der Waals surface area (Å²) in [5, 5.41) is 0. The normalized spacial score (nSPS) is 11.8. The van der Waals surface area contributed by atoms with Crippen molar-refractivity contribution in [3.05, 3.63) is 24.3 Å². The summed E-state index contributed by atoms with van der Waals surface area (Å²) in [5.41, 5.74) is 0. The summed E-state index contributed by atoms with van der Waals surface area (Å²) in [6.07, 6.45) is 11.4. The van der Waals surface area contributed by atoms with Crippen molar-refractivity contribution >= 4 is 0 Å². The van der Waals surface area contributed by atoms with Crippen molar-refractivity contribution in [1.82, 2.24) is 0 Å². The lowest BCUT2D eigenvalue weighted by molar-refractivity contribution is 1.20. The van der Waals surface area contributed by atoms with E-state index in [1.165, 1.54) is 0 Å². The van der Waals surface area contributed by atoms with E-state index in [2.05, 4.69) is 25.2 Å². The highest BCUT2D eigenvalue weighted by Crippen LogP contribution is 1.86. The lowest BCUT2D eigenvalue weighted by Crippen LogP contribution is -1.56. The fourth-order valence-corrected chi connectivity index (χ4v) is 0.449. The zero-order valence-electron chi connectivity index (χ0n) is 5.65. The zero-order chi connectivity index (χ0) is 6.24. The standard InChI is InChI=1S/C8H13/c1-3-5-7-8-6-4-2/h5-7H,3,8H2,1-2H3. The smallest absolute Gasteiger partial charge is 0.0163 e. The molecule has 0 aromatic carbocycles. The Hall–Kier alpha value is -0.520. The summed E-state index contributed by atoms with van der Waals surface area (Å²) >= 11 is 0. The van der Waals surface area contributed by atoms with Gasteiger partial charge in [0.05, 0.1) is 0 Å². The van der Waals surface area contributed by atoms with Gasteiger partial charge < -0.3 is 0 Å². The maximum atomic E-state index is 2.95. The Kier molecular flexibility index (Phi) is 6.06. The molecule has 8 heavy (non-hydrogen) atoms. The third kappa shape index (κ3) is 5.48. The summed E-state index contributed by atoms with van der Waals surface area (Å²) in [5.74, 6) is 0. The second-order valence-electron chi connectivity index (χ2n) is 1.61. The van der Waals surface area contributed by atoms with Gasteiger partial charge in [-0.25, -0.2) is 0 Å². The molecule has 1 radical (unpaired) electrons. The van der Waals surface area contributed by atoms with Gasteiger partial charge in [0.1, 0.15) is 0 Å². The summed E-state index contributed by atoms with van der Waals surface area (Å²) in [6, 6.07) is 0. The van der Waals surface area contributed by atoms with Crippen LogP contribution in [0.5, 0.6) is 0 Å². The molecule has 0 aliphatic rings. The minimum Gasteiger partial charge on any atom is -0.0885 e. The first-order chi connectivity index (χ1) is 3.91. The van der Waals surface area contributed by atoms with Crippen LogP contribution in [-0.4, -0.2) is 0 Å². The molecule has 0 atom stereocenters. The van der Waals surface area contributed by atoms with Crippen LogP contribution in [0.15, 0.2) is 18.2 Å². The van der Waals surface area contributed by atoms with Crippen LogP contribution < -0.4 is 0 Å². The molecule has 0 N–H and O–H groups in total. The molecule has 0 nitrogen and oxygen atoms in total. The summed E-state index contributed by atoms with van der Waals surface area (Å²) < 4.78 is 0. The Morgan fingerprint density at radius 1 is 1.38 bits per heavy atom. The van der Waals surface area contributed by atoms with Crippen molar-refractivity contribution in [2.24, 2.45) is 0 Å². The first-order valence-corrected chi connectivity index (χ1v) is 3.05. The molecule has 0 aliphatic heterocycles. The summed E-state index contributed by atoms with van der Waals surface area (Å²) in [6.45, 7) is 4.05. The molecule has 0 saturated heterocycles. The van der Waals surface area contributed by atoms with E-state index in [9.17, 15) is 0 Å². The van der Waals surface area contributed by atoms with Crippen molar-refractivity contribution in [3.8, 4) is 0 Å². The van der Waals surface area contributed by atoms with Gasteiger partial charge in [0.25, 0.3) is 0 Å². The van der Waals surface area contributed by atoms with E-state index in [0.29, 0.717) is 0 Å². The van der Waals surface area contributed by atoms with Crippen molar-refractivity contribution in [2.75, 3.05) is 0 Å². The second-order valence-corrected chi connectivity index (χ2v) is 1.61. The largest absolute Gasteiger partial charge is 0.0885 e. The molecule has 0 heterocycles. The lowest BCUT2D eigenvalue weighted by atomic mass is 10.3. The van der Waals surface area contributed by atoms with E-state index < -0.39 is 0 Å². The molecule has 0 amide bonds. The van der Waals surface area contributed by atoms with Crippen LogP contribution in [0.4, 0.5) is 0 Å². The predicted octanol–water partition coefficient (Wildman–Crippen LogP) is 2.72. The van der Waals surface area contributed by atoms with Crippen molar-refractivity contribution in [2.45, 2.75) is 26.7 Å². The van der Waals surface area contributed by atoms with Crippen LogP contribution in [0.3, 0.4) is 0 Å². The van der Waals surface area contributed by atoms with Gasteiger partial charge in [-0.3, -0.25) is 0 Å². The molecule has 0 rings (SSSR count). The molecule has 0 aromatic heterocycles. The summed E-state index contributed by atoms with van der Waals surface area (Å²) in [7, 11) is 0. The number of hydrogen-bond donors (Lipinski definition) is 0. The molecule has 0 saturated carbocycles. The van der Waals surface area contributed by atoms with Crippen molar-refractivity contribution in [3.63, 3.8) is 0 Å². The van der Waals surface area contributed by atoms with Gasteiger partial charge in [0.15, 0.2) is 0 Å². The van der Waals surface area contributed by atoms with Gasteiger partial charge in [-0.1, -0.05) is 31.2 Å². The molecule has 0 aromatic rings. The van der Waals surface area contributed by atoms with Crippen LogP contribution in [0.1, 0.15) is 26.7 Å². The van der Waals surface area contributed by atoms with E-state index in [-0.39, 0.29) is 0 Å². The van der Waals surface area contributed by atoms with E-state index in [0.717, 1.165) is 12.8 Å². The van der Waals surface area contributed by atoms with E-state index in [1.54, 1.807) is 0 Å². The predicted molar refractivity (Wildman–Crippen MR) is 37.5 cm³/mol. The molecule has 0 unspecified atom stereocenters. The van der Waals surface area contributed by atoms with Gasteiger partial charge in [0, 0.05) is 0 Å².